The molecule has 3 aromatic rings. The fraction of sp³-hybridized carbons (Fsp3) is 0.238. The highest BCUT2D eigenvalue weighted by Crippen LogP contribution is 2.28. The molecule has 0 unspecified atom stereocenters. The summed E-state index contributed by atoms with van der Waals surface area (Å²) in [6.45, 7) is 2.77. The minimum Gasteiger partial charge on any atom is -0.475 e. The van der Waals surface area contributed by atoms with Crippen LogP contribution in [0.2, 0.25) is 0 Å². The van der Waals surface area contributed by atoms with Crippen LogP contribution in [0.1, 0.15) is 28.7 Å². The zero-order valence-electron chi connectivity index (χ0n) is 16.5. The summed E-state index contributed by atoms with van der Waals surface area (Å²) in [5, 5.41) is 10.0. The van der Waals surface area contributed by atoms with Gasteiger partial charge in [0.1, 0.15) is 0 Å². The number of nitrogens with zero attached hydrogens (tertiary/aromatic N) is 2. The Bertz CT molecular complexity index is 1090. The Hall–Kier alpha value is -3.69. The van der Waals surface area contributed by atoms with Gasteiger partial charge in [-0.25, -0.2) is 4.79 Å². The molecule has 0 saturated carbocycles. The summed E-state index contributed by atoms with van der Waals surface area (Å²) in [6, 6.07) is 9.98. The van der Waals surface area contributed by atoms with Gasteiger partial charge in [-0.3, -0.25) is 14.8 Å². The van der Waals surface area contributed by atoms with Crippen molar-refractivity contribution in [3.8, 4) is 22.5 Å². The average molecular weight is 432 g/mol. The van der Waals surface area contributed by atoms with Gasteiger partial charge in [0.2, 0.25) is 0 Å². The number of fused-ring (bicyclic) bond motifs is 1. The van der Waals surface area contributed by atoms with E-state index in [0.29, 0.717) is 6.54 Å². The van der Waals surface area contributed by atoms with Crippen LogP contribution in [0.15, 0.2) is 42.7 Å². The highest BCUT2D eigenvalue weighted by molar-refractivity contribution is 5.97. The van der Waals surface area contributed by atoms with Gasteiger partial charge in [-0.05, 0) is 36.8 Å². The van der Waals surface area contributed by atoms with Gasteiger partial charge in [0.15, 0.2) is 0 Å². The highest BCUT2D eigenvalue weighted by atomic mass is 19.4. The van der Waals surface area contributed by atoms with E-state index >= 15 is 0 Å². The second-order valence-corrected chi connectivity index (χ2v) is 6.71. The first-order valence-electron chi connectivity index (χ1n) is 9.41. The van der Waals surface area contributed by atoms with Gasteiger partial charge in [0, 0.05) is 53.6 Å². The molecule has 3 aromatic heterocycles. The van der Waals surface area contributed by atoms with Crippen LogP contribution < -0.4 is 5.32 Å². The number of carbonyl (C=O) groups is 2. The maximum atomic E-state index is 12.0. The summed E-state index contributed by atoms with van der Waals surface area (Å²) in [6.07, 6.45) is 0.175. The molecule has 4 rings (SSSR count). The smallest absolute Gasteiger partial charge is 0.475 e. The lowest BCUT2D eigenvalue weighted by Gasteiger charge is -2.11. The van der Waals surface area contributed by atoms with Crippen LogP contribution in [0.4, 0.5) is 13.2 Å². The standard InChI is InChI=1S/C19H18N4O.C2HF3O2/c1-2-14-8-13(9-17(22-14)12-4-3-6-20-11-12)18-10-15-16(23-18)5-7-21-19(15)24;3-2(4,5)1(6)7/h3-4,6,8-11,23H,2,5,7H2,1H3,(H,21,24);(H,6,7). The topological polar surface area (TPSA) is 108 Å². The van der Waals surface area contributed by atoms with E-state index in [1.165, 1.54) is 0 Å². The molecule has 31 heavy (non-hydrogen) atoms. The minimum atomic E-state index is -5.08. The van der Waals surface area contributed by atoms with Gasteiger partial charge >= 0.3 is 12.1 Å². The molecule has 1 aliphatic rings. The van der Waals surface area contributed by atoms with Gasteiger partial charge < -0.3 is 15.4 Å². The molecule has 0 aromatic carbocycles. The molecule has 4 heterocycles. The largest absolute Gasteiger partial charge is 0.490 e. The van der Waals surface area contributed by atoms with E-state index in [1.807, 2.05) is 30.5 Å². The Morgan fingerprint density at radius 1 is 1.23 bits per heavy atom. The van der Waals surface area contributed by atoms with E-state index in [9.17, 15) is 18.0 Å². The number of nitrogens with one attached hydrogen (secondary N) is 2. The summed E-state index contributed by atoms with van der Waals surface area (Å²) in [5.74, 6) is -2.76. The van der Waals surface area contributed by atoms with E-state index in [-0.39, 0.29) is 5.91 Å². The number of carboxylic acid groups (broad SMARTS) is 1. The molecule has 1 aliphatic heterocycles. The van der Waals surface area contributed by atoms with Crippen LogP contribution in [-0.2, 0) is 17.6 Å². The highest BCUT2D eigenvalue weighted by Gasteiger charge is 2.38. The molecule has 1 amide bonds. The number of H-pyrrole nitrogens is 1. The Labute approximate surface area is 175 Å². The number of aliphatic carboxylic acids is 1. The SMILES string of the molecule is CCc1cc(-c2cc3c([nH]2)CCNC3=O)cc(-c2cccnc2)n1.O=C(O)C(F)(F)F. The third-order valence-electron chi connectivity index (χ3n) is 4.56. The summed E-state index contributed by atoms with van der Waals surface area (Å²) in [7, 11) is 0. The van der Waals surface area contributed by atoms with Crippen molar-refractivity contribution in [2.24, 2.45) is 0 Å². The summed E-state index contributed by atoms with van der Waals surface area (Å²) < 4.78 is 31.7. The number of hydrogen-bond acceptors (Lipinski definition) is 4. The third kappa shape index (κ3) is 5.27. The van der Waals surface area contributed by atoms with Crippen LogP contribution >= 0.6 is 0 Å². The lowest BCUT2D eigenvalue weighted by Crippen LogP contribution is -2.31. The van der Waals surface area contributed by atoms with E-state index in [4.69, 9.17) is 14.9 Å². The molecule has 0 radical (unpaired) electrons. The molecule has 0 atom stereocenters. The number of aromatic amines is 1. The molecule has 0 spiro atoms. The maximum absolute atomic E-state index is 12.0. The van der Waals surface area contributed by atoms with Crippen molar-refractivity contribution in [3.05, 3.63) is 59.7 Å². The molecule has 0 bridgehead atoms. The Kier molecular flexibility index (Phi) is 6.38. The van der Waals surface area contributed by atoms with Crippen LogP contribution in [0.5, 0.6) is 0 Å². The lowest BCUT2D eigenvalue weighted by atomic mass is 10.1. The van der Waals surface area contributed by atoms with E-state index in [0.717, 1.165) is 52.3 Å². The minimum absolute atomic E-state index is 0.00370. The maximum Gasteiger partial charge on any atom is 0.490 e. The van der Waals surface area contributed by atoms with Crippen LogP contribution in [0.25, 0.3) is 22.5 Å². The van der Waals surface area contributed by atoms with Crippen molar-refractivity contribution < 1.29 is 27.9 Å². The fourth-order valence-corrected chi connectivity index (χ4v) is 3.04. The molecular weight excluding hydrogens is 413 g/mol. The lowest BCUT2D eigenvalue weighted by molar-refractivity contribution is -0.192. The Morgan fingerprint density at radius 2 is 1.97 bits per heavy atom. The predicted octanol–water partition coefficient (Wildman–Crippen LogP) is 3.62. The number of hydrogen-bond donors (Lipinski definition) is 3. The van der Waals surface area contributed by atoms with E-state index < -0.39 is 12.1 Å². The first kappa shape index (κ1) is 22.0. The second-order valence-electron chi connectivity index (χ2n) is 6.71. The summed E-state index contributed by atoms with van der Waals surface area (Å²) in [4.78, 5) is 33.2. The molecule has 10 heteroatoms. The zero-order valence-corrected chi connectivity index (χ0v) is 16.5. The first-order chi connectivity index (χ1) is 14.7. The predicted molar refractivity (Wildman–Crippen MR) is 106 cm³/mol. The molecule has 3 N–H and O–H groups in total. The average Bonchev–Trinajstić information content (AvgIpc) is 3.20. The molecule has 0 fully saturated rings. The van der Waals surface area contributed by atoms with Crippen LogP contribution in [-0.4, -0.2) is 44.7 Å². The van der Waals surface area contributed by atoms with Crippen molar-refractivity contribution in [1.29, 1.82) is 0 Å². The Balaban J connectivity index is 0.000000339. The van der Waals surface area contributed by atoms with Crippen LogP contribution in [0.3, 0.4) is 0 Å². The second kappa shape index (κ2) is 8.99. The summed E-state index contributed by atoms with van der Waals surface area (Å²) >= 11 is 0. The van der Waals surface area contributed by atoms with Crippen LogP contribution in [0, 0.1) is 0 Å². The van der Waals surface area contributed by atoms with E-state index in [1.54, 1.807) is 6.20 Å². The number of alkyl halides is 3. The fourth-order valence-electron chi connectivity index (χ4n) is 3.04. The molecule has 162 valence electrons. The molecule has 0 saturated heterocycles. The van der Waals surface area contributed by atoms with Crippen molar-refractivity contribution >= 4 is 11.9 Å². The zero-order chi connectivity index (χ0) is 22.6. The number of rotatable bonds is 3. The van der Waals surface area contributed by atoms with Crippen molar-refractivity contribution in [2.45, 2.75) is 25.9 Å². The van der Waals surface area contributed by atoms with Gasteiger partial charge in [0.05, 0.1) is 11.3 Å². The number of pyridine rings is 2. The number of halogens is 3. The van der Waals surface area contributed by atoms with Gasteiger partial charge in [-0.2, -0.15) is 13.2 Å². The van der Waals surface area contributed by atoms with Crippen molar-refractivity contribution in [2.75, 3.05) is 6.54 Å². The molecule has 0 aliphatic carbocycles. The third-order valence-corrected chi connectivity index (χ3v) is 4.56. The molecular formula is C21H19F3N4O3. The monoisotopic (exact) mass is 432 g/mol. The van der Waals surface area contributed by atoms with E-state index in [2.05, 4.69) is 28.3 Å². The van der Waals surface area contributed by atoms with Gasteiger partial charge in [-0.1, -0.05) is 6.92 Å². The Morgan fingerprint density at radius 3 is 2.55 bits per heavy atom. The summed E-state index contributed by atoms with van der Waals surface area (Å²) in [5.41, 5.74) is 6.66. The quantitative estimate of drug-likeness (QED) is 0.586. The number of carboxylic acids is 1. The molecule has 7 nitrogen and oxygen atoms in total. The number of aromatic nitrogens is 3. The number of aryl methyl sites for hydroxylation is 1. The number of carbonyl (C=O) groups excluding carboxylic acids is 1. The first-order valence-corrected chi connectivity index (χ1v) is 9.41. The van der Waals surface area contributed by atoms with Crippen molar-refractivity contribution in [1.82, 2.24) is 20.3 Å². The normalized spacial score (nSPS) is 13.0. The van der Waals surface area contributed by atoms with Gasteiger partial charge in [-0.15, -0.1) is 0 Å². The number of amides is 1. The van der Waals surface area contributed by atoms with Crippen molar-refractivity contribution in [3.63, 3.8) is 0 Å². The van der Waals surface area contributed by atoms with Gasteiger partial charge in [0.25, 0.3) is 5.91 Å².